The molecule has 0 saturated carbocycles. The molecule has 0 spiro atoms. The van der Waals surface area contributed by atoms with Crippen molar-refractivity contribution in [2.75, 3.05) is 0 Å². The van der Waals surface area contributed by atoms with Gasteiger partial charge in [0.2, 0.25) is 0 Å². The van der Waals surface area contributed by atoms with Gasteiger partial charge in [-0.3, -0.25) is 0 Å². The first kappa shape index (κ1) is 8.89. The molecule has 0 aliphatic rings. The summed E-state index contributed by atoms with van der Waals surface area (Å²) in [7, 11) is 0. The van der Waals surface area contributed by atoms with Crippen molar-refractivity contribution in [1.29, 1.82) is 0 Å². The average Bonchev–Trinajstić information content (AvgIpc) is 2.11. The van der Waals surface area contributed by atoms with Gasteiger partial charge < -0.3 is 11.9 Å². The van der Waals surface area contributed by atoms with Crippen molar-refractivity contribution in [3.8, 4) is 0 Å². The first-order valence-electron chi connectivity index (χ1n) is 2.05. The Kier molecular flexibility index (Phi) is 5.94. The van der Waals surface area contributed by atoms with Crippen LogP contribution >= 0.6 is 0 Å². The van der Waals surface area contributed by atoms with Gasteiger partial charge in [-0.15, -0.1) is 0 Å². The van der Waals surface area contributed by atoms with Crippen molar-refractivity contribution in [2.24, 2.45) is 0 Å². The van der Waals surface area contributed by atoms with Gasteiger partial charge in [-0.1, -0.05) is 0 Å². The van der Waals surface area contributed by atoms with E-state index in [2.05, 4.69) is 4.98 Å². The van der Waals surface area contributed by atoms with Crippen LogP contribution < -0.4 is 27.9 Å². The summed E-state index contributed by atoms with van der Waals surface area (Å²) in [6.07, 6.45) is 3.75. The summed E-state index contributed by atoms with van der Waals surface area (Å²) in [4.78, 5) is 2.86. The minimum atomic E-state index is -3.76. The van der Waals surface area contributed by atoms with Crippen LogP contribution in [-0.2, 0) is 0 Å². The molecule has 0 aliphatic carbocycles. The number of hydrogen-bond donors (Lipinski definition) is 2. The van der Waals surface area contributed by atoms with Gasteiger partial charge >= 0.3 is 21.1 Å². The zero-order valence-electron chi connectivity index (χ0n) is 4.45. The molecule has 5 heteroatoms. The van der Waals surface area contributed by atoms with Crippen LogP contribution in [0, 0.1) is 0 Å². The molecule has 52 valence electrons. The largest absolute Gasteiger partial charge is 0.503 e. The van der Waals surface area contributed by atoms with Gasteiger partial charge in [0.1, 0.15) is 0 Å². The van der Waals surface area contributed by atoms with Crippen molar-refractivity contribution < 1.29 is 31.4 Å². The average molecular weight is 243 g/mol. The first-order valence-corrected chi connectivity index (χ1v) is 4.78. The maximum Gasteiger partial charge on any atom is 0.503 e. The molecule has 0 saturated heterocycles. The molecule has 0 unspecified atom stereocenters. The number of aromatic nitrogens is 1. The minimum Gasteiger partial charge on any atom is -0.396 e. The highest BCUT2D eigenvalue weighted by atomic mass is 127. The Morgan fingerprint density at radius 1 is 1.22 bits per heavy atom. The van der Waals surface area contributed by atoms with Crippen LogP contribution in [0.4, 0.5) is 0 Å². The Hall–Kier alpha value is -0.110. The van der Waals surface area contributed by atoms with E-state index in [0.29, 0.717) is 0 Å². The van der Waals surface area contributed by atoms with Crippen LogP contribution in [-0.4, -0.2) is 8.42 Å². The van der Waals surface area contributed by atoms with Gasteiger partial charge in [0.25, 0.3) is 0 Å². The highest BCUT2D eigenvalue weighted by Crippen LogP contribution is 1.72. The van der Waals surface area contributed by atoms with E-state index in [1.807, 2.05) is 24.5 Å². The summed E-state index contributed by atoms with van der Waals surface area (Å²) in [5, 5.41) is 0. The number of nitrogens with one attached hydrogen (secondary N) is 1. The van der Waals surface area contributed by atoms with Gasteiger partial charge in [0.05, 0.1) is 0 Å². The van der Waals surface area contributed by atoms with Crippen LogP contribution in [0.5, 0.6) is 0 Å². The number of rotatable bonds is 0. The van der Waals surface area contributed by atoms with Crippen molar-refractivity contribution in [2.45, 2.75) is 0 Å². The fraction of sp³-hybridized carbons (Fsp3) is 0. The monoisotopic (exact) mass is 243 g/mol. The molecule has 0 radical (unpaired) electrons. The SMILES string of the molecule is [O-][I+2]([O-])O.c1cc[nH]c1. The standard InChI is InChI=1S/C4H5N.HIO3/c1-2-4-5-3-1;2-1(3)4/h1-5H;2H. The topological polar surface area (TPSA) is 82.1 Å². The molecule has 1 aromatic heterocycles. The lowest BCUT2D eigenvalue weighted by molar-refractivity contribution is -1.63. The van der Waals surface area contributed by atoms with Crippen LogP contribution in [0.25, 0.3) is 0 Å². The number of hydrogen-bond acceptors (Lipinski definition) is 3. The van der Waals surface area contributed by atoms with Crippen molar-refractivity contribution >= 4 is 0 Å². The lowest BCUT2D eigenvalue weighted by Crippen LogP contribution is -3.98. The van der Waals surface area contributed by atoms with Gasteiger partial charge in [-0.05, 0) is 15.6 Å². The molecule has 0 aliphatic heterocycles. The van der Waals surface area contributed by atoms with Gasteiger partial charge in [0.15, 0.2) is 0 Å². The maximum atomic E-state index is 8.68. The Morgan fingerprint density at radius 2 is 1.56 bits per heavy atom. The second-order valence-corrected chi connectivity index (χ2v) is 2.23. The highest BCUT2D eigenvalue weighted by Gasteiger charge is 1.89. The molecule has 4 nitrogen and oxygen atoms in total. The third-order valence-corrected chi connectivity index (χ3v) is 0.496. The third-order valence-electron chi connectivity index (χ3n) is 0.496. The van der Waals surface area contributed by atoms with E-state index >= 15 is 0 Å². The summed E-state index contributed by atoms with van der Waals surface area (Å²) in [6, 6.07) is 3.89. The molecular formula is C4H6INO3. The number of H-pyrrole nitrogens is 1. The Balaban J connectivity index is 0.000000148. The van der Waals surface area contributed by atoms with E-state index in [1.165, 1.54) is 0 Å². The van der Waals surface area contributed by atoms with Crippen molar-refractivity contribution in [1.82, 2.24) is 4.98 Å². The van der Waals surface area contributed by atoms with Crippen LogP contribution in [0.1, 0.15) is 0 Å². The number of halogens is 1. The Labute approximate surface area is 61.2 Å². The lowest BCUT2D eigenvalue weighted by atomic mass is 10.7. The fourth-order valence-corrected chi connectivity index (χ4v) is 0.278. The van der Waals surface area contributed by atoms with E-state index in [1.54, 1.807) is 0 Å². The van der Waals surface area contributed by atoms with Gasteiger partial charge in [-0.2, -0.15) is 0 Å². The summed E-state index contributed by atoms with van der Waals surface area (Å²) in [5.74, 6) is 0. The van der Waals surface area contributed by atoms with Crippen molar-refractivity contribution in [3.05, 3.63) is 24.5 Å². The molecular weight excluding hydrogens is 237 g/mol. The minimum absolute atomic E-state index is 1.88. The maximum absolute atomic E-state index is 8.68. The van der Waals surface area contributed by atoms with Gasteiger partial charge in [0, 0.05) is 12.4 Å². The first-order chi connectivity index (χ1) is 4.23. The van der Waals surface area contributed by atoms with Crippen LogP contribution in [0.3, 0.4) is 0 Å². The molecule has 0 fully saturated rings. The molecule has 0 bridgehead atoms. The van der Waals surface area contributed by atoms with E-state index in [0.717, 1.165) is 0 Å². The third kappa shape index (κ3) is 11.4. The predicted molar refractivity (Wildman–Crippen MR) is 23.0 cm³/mol. The molecule has 0 amide bonds. The highest BCUT2D eigenvalue weighted by molar-refractivity contribution is 4.84. The molecule has 9 heavy (non-hydrogen) atoms. The van der Waals surface area contributed by atoms with E-state index in [4.69, 9.17) is 10.3 Å². The molecule has 2 N–H and O–H groups in total. The zero-order valence-corrected chi connectivity index (χ0v) is 6.61. The normalized spacial score (nSPS) is 8.44. The molecule has 1 rings (SSSR count). The molecule has 1 aromatic rings. The molecule has 1 heterocycles. The predicted octanol–water partition coefficient (Wildman–Crippen LogP) is -4.92. The fourth-order valence-electron chi connectivity index (χ4n) is 0.278. The summed E-state index contributed by atoms with van der Waals surface area (Å²) in [6.45, 7) is 0. The van der Waals surface area contributed by atoms with Crippen LogP contribution in [0.2, 0.25) is 0 Å². The lowest BCUT2D eigenvalue weighted by Gasteiger charge is -1.67. The molecule has 0 aromatic carbocycles. The quantitative estimate of drug-likeness (QED) is 0.448. The van der Waals surface area contributed by atoms with E-state index in [-0.39, 0.29) is 0 Å². The molecule has 0 atom stereocenters. The van der Waals surface area contributed by atoms with Crippen molar-refractivity contribution in [3.63, 3.8) is 0 Å². The Morgan fingerprint density at radius 3 is 1.67 bits per heavy atom. The second-order valence-electron chi connectivity index (χ2n) is 1.09. The van der Waals surface area contributed by atoms with Crippen LogP contribution in [0.15, 0.2) is 24.5 Å². The van der Waals surface area contributed by atoms with E-state index < -0.39 is 21.1 Å². The second kappa shape index (κ2) is 6.02. The Bertz CT molecular complexity index is 99.4. The van der Waals surface area contributed by atoms with Gasteiger partial charge in [-0.25, -0.2) is 0 Å². The number of aromatic amines is 1. The summed E-state index contributed by atoms with van der Waals surface area (Å²) in [5.41, 5.74) is 0. The summed E-state index contributed by atoms with van der Waals surface area (Å²) < 4.78 is 24.5. The zero-order chi connectivity index (χ0) is 7.11. The summed E-state index contributed by atoms with van der Waals surface area (Å²) >= 11 is -3.76. The van der Waals surface area contributed by atoms with E-state index in [9.17, 15) is 0 Å². The smallest absolute Gasteiger partial charge is 0.396 e.